The first-order valence-corrected chi connectivity index (χ1v) is 6.05. The van der Waals surface area contributed by atoms with Crippen LogP contribution in [0.3, 0.4) is 0 Å². The molecule has 1 heterocycles. The predicted molar refractivity (Wildman–Crippen MR) is 69.4 cm³/mol. The summed E-state index contributed by atoms with van der Waals surface area (Å²) in [6.45, 7) is -0.147. The van der Waals surface area contributed by atoms with E-state index < -0.39 is 0 Å². The first-order valence-electron chi connectivity index (χ1n) is 4.88. The molecule has 0 bridgehead atoms. The minimum Gasteiger partial charge on any atom is -0.437 e. The second kappa shape index (κ2) is 5.49. The standard InChI is InChI=1S/C12H9BrClNO2/c13-9-5-8(7-16)12(15-6-9)17-11-4-2-1-3-10(11)14/h1-6,16H,7H2. The number of aliphatic hydroxyl groups is 1. The molecule has 0 unspecified atom stereocenters. The van der Waals surface area contributed by atoms with E-state index >= 15 is 0 Å². The minimum atomic E-state index is -0.147. The van der Waals surface area contributed by atoms with Crippen molar-refractivity contribution in [3.05, 3.63) is 51.6 Å². The Labute approximate surface area is 112 Å². The van der Waals surface area contributed by atoms with Crippen LogP contribution in [0.15, 0.2) is 41.0 Å². The monoisotopic (exact) mass is 313 g/mol. The fourth-order valence-electron chi connectivity index (χ4n) is 1.31. The summed E-state index contributed by atoms with van der Waals surface area (Å²) in [6.07, 6.45) is 1.60. The second-order valence-electron chi connectivity index (χ2n) is 3.31. The van der Waals surface area contributed by atoms with Gasteiger partial charge in [-0.15, -0.1) is 0 Å². The summed E-state index contributed by atoms with van der Waals surface area (Å²) in [5, 5.41) is 9.72. The van der Waals surface area contributed by atoms with Crippen molar-refractivity contribution in [1.82, 2.24) is 4.98 Å². The number of hydrogen-bond acceptors (Lipinski definition) is 3. The lowest BCUT2D eigenvalue weighted by atomic mass is 10.3. The van der Waals surface area contributed by atoms with Crippen LogP contribution >= 0.6 is 27.5 Å². The molecular formula is C12H9BrClNO2. The largest absolute Gasteiger partial charge is 0.437 e. The molecule has 0 aliphatic carbocycles. The Bertz CT molecular complexity index is 534. The van der Waals surface area contributed by atoms with E-state index in [-0.39, 0.29) is 6.61 Å². The molecule has 2 rings (SSSR count). The van der Waals surface area contributed by atoms with Gasteiger partial charge in [0.2, 0.25) is 5.88 Å². The maximum atomic E-state index is 9.22. The van der Waals surface area contributed by atoms with E-state index in [1.165, 1.54) is 0 Å². The average molecular weight is 315 g/mol. The summed E-state index contributed by atoms with van der Waals surface area (Å²) in [6, 6.07) is 8.86. The Morgan fingerprint density at radius 1 is 1.35 bits per heavy atom. The molecule has 88 valence electrons. The SMILES string of the molecule is OCc1cc(Br)cnc1Oc1ccccc1Cl. The van der Waals surface area contributed by atoms with Crippen LogP contribution in [0.5, 0.6) is 11.6 Å². The van der Waals surface area contributed by atoms with Gasteiger partial charge in [0.25, 0.3) is 0 Å². The maximum Gasteiger partial charge on any atom is 0.224 e. The van der Waals surface area contributed by atoms with Gasteiger partial charge in [0.1, 0.15) is 5.75 Å². The molecular weight excluding hydrogens is 305 g/mol. The molecule has 0 amide bonds. The zero-order valence-electron chi connectivity index (χ0n) is 8.73. The molecule has 0 fully saturated rings. The molecule has 0 aliphatic heterocycles. The van der Waals surface area contributed by atoms with Gasteiger partial charge < -0.3 is 9.84 Å². The normalized spacial score (nSPS) is 10.3. The number of rotatable bonds is 3. The van der Waals surface area contributed by atoms with E-state index in [9.17, 15) is 5.11 Å². The predicted octanol–water partition coefficient (Wildman–Crippen LogP) is 3.78. The van der Waals surface area contributed by atoms with Crippen molar-refractivity contribution in [3.8, 4) is 11.6 Å². The summed E-state index contributed by atoms with van der Waals surface area (Å²) in [4.78, 5) is 4.10. The number of nitrogens with zero attached hydrogens (tertiary/aromatic N) is 1. The second-order valence-corrected chi connectivity index (χ2v) is 4.63. The summed E-state index contributed by atoms with van der Waals surface area (Å²) in [7, 11) is 0. The van der Waals surface area contributed by atoms with Crippen molar-refractivity contribution < 1.29 is 9.84 Å². The molecule has 0 aliphatic rings. The quantitative estimate of drug-likeness (QED) is 0.937. The summed E-state index contributed by atoms with van der Waals surface area (Å²) in [5.41, 5.74) is 0.597. The van der Waals surface area contributed by atoms with Crippen molar-refractivity contribution in [2.75, 3.05) is 0 Å². The minimum absolute atomic E-state index is 0.147. The van der Waals surface area contributed by atoms with Crippen LogP contribution in [0, 0.1) is 0 Å². The zero-order chi connectivity index (χ0) is 12.3. The number of pyridine rings is 1. The van der Waals surface area contributed by atoms with Crippen LogP contribution < -0.4 is 4.74 Å². The highest BCUT2D eigenvalue weighted by molar-refractivity contribution is 9.10. The third-order valence-electron chi connectivity index (χ3n) is 2.11. The molecule has 0 atom stereocenters. The van der Waals surface area contributed by atoms with Crippen LogP contribution in [0.4, 0.5) is 0 Å². The number of para-hydroxylation sites is 1. The number of halogens is 2. The van der Waals surface area contributed by atoms with Gasteiger partial charge in [-0.2, -0.15) is 0 Å². The molecule has 5 heteroatoms. The van der Waals surface area contributed by atoms with Crippen molar-refractivity contribution >= 4 is 27.5 Å². The topological polar surface area (TPSA) is 42.4 Å². The third kappa shape index (κ3) is 2.97. The van der Waals surface area contributed by atoms with Gasteiger partial charge in [-0.1, -0.05) is 23.7 Å². The van der Waals surface area contributed by atoms with Gasteiger partial charge in [0.15, 0.2) is 0 Å². The highest BCUT2D eigenvalue weighted by atomic mass is 79.9. The molecule has 0 saturated carbocycles. The molecule has 1 aromatic carbocycles. The molecule has 0 radical (unpaired) electrons. The van der Waals surface area contributed by atoms with E-state index in [0.29, 0.717) is 22.2 Å². The van der Waals surface area contributed by atoms with Gasteiger partial charge in [0, 0.05) is 16.2 Å². The van der Waals surface area contributed by atoms with Gasteiger partial charge in [-0.25, -0.2) is 4.98 Å². The molecule has 3 nitrogen and oxygen atoms in total. The summed E-state index contributed by atoms with van der Waals surface area (Å²) < 4.78 is 6.35. The first-order chi connectivity index (χ1) is 8.20. The molecule has 1 N–H and O–H groups in total. The number of benzene rings is 1. The van der Waals surface area contributed by atoms with Crippen molar-refractivity contribution in [2.24, 2.45) is 0 Å². The molecule has 17 heavy (non-hydrogen) atoms. The van der Waals surface area contributed by atoms with Gasteiger partial charge >= 0.3 is 0 Å². The molecule has 2 aromatic rings. The number of hydrogen-bond donors (Lipinski definition) is 1. The van der Waals surface area contributed by atoms with Crippen LogP contribution in [-0.2, 0) is 6.61 Å². The van der Waals surface area contributed by atoms with Crippen LogP contribution in [0.1, 0.15) is 5.56 Å². The molecule has 0 saturated heterocycles. The van der Waals surface area contributed by atoms with Crippen LogP contribution in [0.25, 0.3) is 0 Å². The lowest BCUT2D eigenvalue weighted by Crippen LogP contribution is -1.95. The zero-order valence-corrected chi connectivity index (χ0v) is 11.1. The first kappa shape index (κ1) is 12.4. The van der Waals surface area contributed by atoms with Crippen LogP contribution in [-0.4, -0.2) is 10.1 Å². The average Bonchev–Trinajstić information content (AvgIpc) is 2.34. The van der Waals surface area contributed by atoms with Crippen LogP contribution in [0.2, 0.25) is 5.02 Å². The molecule has 1 aromatic heterocycles. The van der Waals surface area contributed by atoms with Gasteiger partial charge in [0.05, 0.1) is 11.6 Å². The number of ether oxygens (including phenoxy) is 1. The third-order valence-corrected chi connectivity index (χ3v) is 2.85. The fourth-order valence-corrected chi connectivity index (χ4v) is 1.86. The lowest BCUT2D eigenvalue weighted by Gasteiger charge is -2.09. The summed E-state index contributed by atoms with van der Waals surface area (Å²) >= 11 is 9.26. The maximum absolute atomic E-state index is 9.22. The Morgan fingerprint density at radius 2 is 2.12 bits per heavy atom. The van der Waals surface area contributed by atoms with E-state index in [1.807, 2.05) is 12.1 Å². The van der Waals surface area contributed by atoms with Crippen molar-refractivity contribution in [2.45, 2.75) is 6.61 Å². The smallest absolute Gasteiger partial charge is 0.224 e. The van der Waals surface area contributed by atoms with Gasteiger partial charge in [-0.3, -0.25) is 0 Å². The summed E-state index contributed by atoms with van der Waals surface area (Å²) in [5.74, 6) is 0.863. The van der Waals surface area contributed by atoms with Crippen molar-refractivity contribution in [1.29, 1.82) is 0 Å². The van der Waals surface area contributed by atoms with E-state index in [0.717, 1.165) is 4.47 Å². The molecule has 0 spiro atoms. The van der Waals surface area contributed by atoms with E-state index in [4.69, 9.17) is 16.3 Å². The van der Waals surface area contributed by atoms with E-state index in [2.05, 4.69) is 20.9 Å². The Kier molecular flexibility index (Phi) is 3.99. The number of aromatic nitrogens is 1. The highest BCUT2D eigenvalue weighted by Gasteiger charge is 2.08. The Morgan fingerprint density at radius 3 is 2.82 bits per heavy atom. The van der Waals surface area contributed by atoms with Gasteiger partial charge in [-0.05, 0) is 34.1 Å². The van der Waals surface area contributed by atoms with E-state index in [1.54, 1.807) is 24.4 Å². The highest BCUT2D eigenvalue weighted by Crippen LogP contribution is 2.30. The Hall–Kier alpha value is -1.10. The lowest BCUT2D eigenvalue weighted by molar-refractivity contribution is 0.275. The fraction of sp³-hybridized carbons (Fsp3) is 0.0833. The van der Waals surface area contributed by atoms with Crippen molar-refractivity contribution in [3.63, 3.8) is 0 Å². The number of aliphatic hydroxyl groups excluding tert-OH is 1. The Balaban J connectivity index is 2.33.